The fourth-order valence-corrected chi connectivity index (χ4v) is 1.70. The van der Waals surface area contributed by atoms with Crippen molar-refractivity contribution in [2.45, 2.75) is 12.6 Å². The summed E-state index contributed by atoms with van der Waals surface area (Å²) in [5.74, 6) is -0.960. The number of aromatic nitrogens is 1. The zero-order valence-electron chi connectivity index (χ0n) is 10.4. The number of aliphatic hydroxyl groups excluding tert-OH is 1. The summed E-state index contributed by atoms with van der Waals surface area (Å²) in [5.41, 5.74) is 7.11. The second kappa shape index (κ2) is 5.25. The molecule has 0 spiro atoms. The van der Waals surface area contributed by atoms with E-state index in [9.17, 15) is 14.7 Å². The van der Waals surface area contributed by atoms with Crippen LogP contribution >= 0.6 is 0 Å². The van der Waals surface area contributed by atoms with Gasteiger partial charge in [0.15, 0.2) is 5.58 Å². The number of nitrogens with two attached hydrogens (primary N) is 1. The molecule has 0 aliphatic rings. The highest BCUT2D eigenvalue weighted by atomic mass is 16.4. The van der Waals surface area contributed by atoms with Gasteiger partial charge in [-0.3, -0.25) is 9.36 Å². The molecule has 1 aromatic carbocycles. The van der Waals surface area contributed by atoms with E-state index in [4.69, 9.17) is 10.2 Å². The predicted octanol–water partition coefficient (Wildman–Crippen LogP) is -0.933. The number of fused-ring (bicyclic) bond motifs is 1. The van der Waals surface area contributed by atoms with E-state index in [2.05, 4.69) is 5.32 Å². The molecule has 0 aliphatic carbocycles. The summed E-state index contributed by atoms with van der Waals surface area (Å²) in [7, 11) is 1.61. The molecule has 0 aliphatic heterocycles. The number of rotatable bonds is 4. The Kier molecular flexibility index (Phi) is 3.68. The number of aryl methyl sites for hydroxylation is 1. The van der Waals surface area contributed by atoms with Crippen molar-refractivity contribution in [3.05, 3.63) is 34.3 Å². The first kappa shape index (κ1) is 13.3. The largest absolute Gasteiger partial charge is 0.419 e. The van der Waals surface area contributed by atoms with Gasteiger partial charge in [-0.05, 0) is 17.7 Å². The van der Waals surface area contributed by atoms with Crippen LogP contribution in [0.2, 0.25) is 0 Å². The van der Waals surface area contributed by atoms with E-state index >= 15 is 0 Å². The lowest BCUT2D eigenvalue weighted by Gasteiger charge is -2.09. The van der Waals surface area contributed by atoms with Crippen molar-refractivity contribution < 1.29 is 14.3 Å². The van der Waals surface area contributed by atoms with Crippen LogP contribution in [0.1, 0.15) is 5.56 Å². The standard InChI is InChI=1S/C12H15N3O4/c1-15-8-4-7(2-3-10(8)19-12(15)18)6-14-11(17)9(16)5-13/h2-4,9,16H,5-6,13H2,1H3,(H,14,17). The van der Waals surface area contributed by atoms with Crippen molar-refractivity contribution in [1.82, 2.24) is 9.88 Å². The number of benzene rings is 1. The van der Waals surface area contributed by atoms with Crippen LogP contribution in [0, 0.1) is 0 Å². The van der Waals surface area contributed by atoms with Gasteiger partial charge in [0, 0.05) is 20.1 Å². The zero-order chi connectivity index (χ0) is 14.0. The van der Waals surface area contributed by atoms with Crippen molar-refractivity contribution >= 4 is 17.0 Å². The van der Waals surface area contributed by atoms with E-state index in [1.165, 1.54) is 4.57 Å². The van der Waals surface area contributed by atoms with E-state index in [-0.39, 0.29) is 13.1 Å². The van der Waals surface area contributed by atoms with Gasteiger partial charge in [0.1, 0.15) is 6.10 Å². The molecule has 1 atom stereocenters. The third kappa shape index (κ3) is 2.67. The van der Waals surface area contributed by atoms with Gasteiger partial charge < -0.3 is 20.6 Å². The smallest absolute Gasteiger partial charge is 0.408 e. The molecule has 0 bridgehead atoms. The molecule has 0 saturated heterocycles. The third-order valence-corrected chi connectivity index (χ3v) is 2.85. The van der Waals surface area contributed by atoms with Crippen molar-refractivity contribution in [3.63, 3.8) is 0 Å². The molecular weight excluding hydrogens is 250 g/mol. The zero-order valence-corrected chi connectivity index (χ0v) is 10.4. The maximum Gasteiger partial charge on any atom is 0.419 e. The van der Waals surface area contributed by atoms with Gasteiger partial charge >= 0.3 is 5.76 Å². The minimum absolute atomic E-state index is 0.124. The summed E-state index contributed by atoms with van der Waals surface area (Å²) in [6.07, 6.45) is -1.21. The van der Waals surface area contributed by atoms with Crippen LogP contribution in [0.5, 0.6) is 0 Å². The minimum atomic E-state index is -1.21. The van der Waals surface area contributed by atoms with E-state index in [1.54, 1.807) is 25.2 Å². The predicted molar refractivity (Wildman–Crippen MR) is 68.4 cm³/mol. The average molecular weight is 265 g/mol. The second-order valence-corrected chi connectivity index (χ2v) is 4.20. The van der Waals surface area contributed by atoms with Crippen LogP contribution in [-0.4, -0.2) is 28.2 Å². The lowest BCUT2D eigenvalue weighted by atomic mass is 10.2. The number of hydrogen-bond donors (Lipinski definition) is 3. The summed E-state index contributed by atoms with van der Waals surface area (Å²) in [4.78, 5) is 22.7. The number of oxazole rings is 1. The van der Waals surface area contributed by atoms with Gasteiger partial charge in [0.05, 0.1) is 5.52 Å². The fourth-order valence-electron chi connectivity index (χ4n) is 1.70. The lowest BCUT2D eigenvalue weighted by molar-refractivity contribution is -0.128. The Morgan fingerprint density at radius 2 is 2.32 bits per heavy atom. The topological polar surface area (TPSA) is 110 Å². The summed E-state index contributed by atoms with van der Waals surface area (Å²) in [5, 5.41) is 11.8. The highest BCUT2D eigenvalue weighted by Gasteiger charge is 2.12. The molecule has 1 aromatic heterocycles. The fraction of sp³-hybridized carbons (Fsp3) is 0.333. The molecule has 19 heavy (non-hydrogen) atoms. The first-order valence-electron chi connectivity index (χ1n) is 5.77. The SMILES string of the molecule is Cn1c(=O)oc2ccc(CNC(=O)C(O)CN)cc21. The summed E-state index contributed by atoms with van der Waals surface area (Å²) < 4.78 is 6.38. The maximum atomic E-state index is 11.4. The Hall–Kier alpha value is -2.12. The number of nitrogens with zero attached hydrogens (tertiary/aromatic N) is 1. The van der Waals surface area contributed by atoms with Gasteiger partial charge in [0.25, 0.3) is 0 Å². The number of aliphatic hydroxyl groups is 1. The molecule has 2 aromatic rings. The summed E-state index contributed by atoms with van der Waals surface area (Å²) >= 11 is 0. The minimum Gasteiger partial charge on any atom is -0.408 e. The highest BCUT2D eigenvalue weighted by Crippen LogP contribution is 2.14. The average Bonchev–Trinajstić information content (AvgIpc) is 2.70. The van der Waals surface area contributed by atoms with Gasteiger partial charge in [-0.15, -0.1) is 0 Å². The summed E-state index contributed by atoms with van der Waals surface area (Å²) in [6, 6.07) is 5.15. The van der Waals surface area contributed by atoms with E-state index in [1.807, 2.05) is 0 Å². The van der Waals surface area contributed by atoms with E-state index in [0.717, 1.165) is 5.56 Å². The molecule has 0 radical (unpaired) electrons. The van der Waals surface area contributed by atoms with Gasteiger partial charge in [-0.1, -0.05) is 6.07 Å². The van der Waals surface area contributed by atoms with Gasteiger partial charge in [0.2, 0.25) is 5.91 Å². The normalized spacial score (nSPS) is 12.6. The monoisotopic (exact) mass is 265 g/mol. The Balaban J connectivity index is 2.16. The number of amides is 1. The van der Waals surface area contributed by atoms with Crippen LogP contribution in [0.3, 0.4) is 0 Å². The number of carbonyl (C=O) groups excluding carboxylic acids is 1. The quantitative estimate of drug-likeness (QED) is 0.661. The second-order valence-electron chi connectivity index (χ2n) is 4.20. The number of hydrogen-bond acceptors (Lipinski definition) is 5. The molecule has 102 valence electrons. The Bertz CT molecular complexity index is 659. The van der Waals surface area contributed by atoms with Crippen LogP contribution < -0.4 is 16.8 Å². The first-order valence-corrected chi connectivity index (χ1v) is 5.77. The molecular formula is C12H15N3O4. The molecule has 7 nitrogen and oxygen atoms in total. The number of nitrogens with one attached hydrogen (secondary N) is 1. The molecule has 1 amide bonds. The van der Waals surface area contributed by atoms with Crippen molar-refractivity contribution in [2.24, 2.45) is 12.8 Å². The highest BCUT2D eigenvalue weighted by molar-refractivity contribution is 5.81. The Morgan fingerprint density at radius 1 is 1.58 bits per heavy atom. The molecule has 0 fully saturated rings. The molecule has 7 heteroatoms. The van der Waals surface area contributed by atoms with Gasteiger partial charge in [-0.2, -0.15) is 0 Å². The van der Waals surface area contributed by atoms with E-state index in [0.29, 0.717) is 11.1 Å². The summed E-state index contributed by atoms with van der Waals surface area (Å²) in [6.45, 7) is 0.117. The molecule has 4 N–H and O–H groups in total. The van der Waals surface area contributed by atoms with Crippen molar-refractivity contribution in [2.75, 3.05) is 6.54 Å². The molecule has 1 heterocycles. The first-order chi connectivity index (χ1) is 9.02. The van der Waals surface area contributed by atoms with Crippen LogP contribution in [0.25, 0.3) is 11.1 Å². The number of carbonyl (C=O) groups is 1. The Morgan fingerprint density at radius 3 is 3.00 bits per heavy atom. The third-order valence-electron chi connectivity index (χ3n) is 2.85. The van der Waals surface area contributed by atoms with Crippen molar-refractivity contribution in [3.8, 4) is 0 Å². The van der Waals surface area contributed by atoms with Gasteiger partial charge in [-0.25, -0.2) is 4.79 Å². The lowest BCUT2D eigenvalue weighted by Crippen LogP contribution is -2.38. The van der Waals surface area contributed by atoms with Crippen molar-refractivity contribution in [1.29, 1.82) is 0 Å². The Labute approximate surface area is 108 Å². The van der Waals surface area contributed by atoms with Crippen LogP contribution in [0.15, 0.2) is 27.4 Å². The van der Waals surface area contributed by atoms with Crippen LogP contribution in [-0.2, 0) is 18.4 Å². The van der Waals surface area contributed by atoms with E-state index < -0.39 is 17.8 Å². The molecule has 2 rings (SSSR count). The van der Waals surface area contributed by atoms with Crippen LogP contribution in [0.4, 0.5) is 0 Å². The maximum absolute atomic E-state index is 11.4. The molecule has 1 unspecified atom stereocenters. The molecule has 0 saturated carbocycles.